The highest BCUT2D eigenvalue weighted by molar-refractivity contribution is 5.94. The van der Waals surface area contributed by atoms with E-state index in [1.54, 1.807) is 0 Å². The normalized spacial score (nSPS) is 16.4. The van der Waals surface area contributed by atoms with Crippen LogP contribution in [0.25, 0.3) is 22.2 Å². The third kappa shape index (κ3) is 5.00. The standard InChI is InChI=1S/C28H28N6O/c35-28(22-3-4-22)31-24-8-5-21(6-9-24)23-7-10-25-26(16-23)32-27(18-30-25)34-14-12-33(13-15-34)19-20-2-1-11-29-17-20/h1-2,5-11,16-18,22H,3-4,12-15,19H2,(H,31,35). The highest BCUT2D eigenvalue weighted by Gasteiger charge is 2.29. The van der Waals surface area contributed by atoms with E-state index < -0.39 is 0 Å². The van der Waals surface area contributed by atoms with E-state index in [0.717, 1.165) is 79.2 Å². The first-order chi connectivity index (χ1) is 17.2. The molecule has 1 amide bonds. The van der Waals surface area contributed by atoms with Crippen LogP contribution in [0, 0.1) is 5.92 Å². The molecule has 3 heterocycles. The maximum atomic E-state index is 12.0. The van der Waals surface area contributed by atoms with Crippen LogP contribution in [0.4, 0.5) is 11.5 Å². The zero-order chi connectivity index (χ0) is 23.6. The Hall–Kier alpha value is -3.84. The second-order valence-electron chi connectivity index (χ2n) is 9.40. The summed E-state index contributed by atoms with van der Waals surface area (Å²) >= 11 is 0. The van der Waals surface area contributed by atoms with E-state index in [9.17, 15) is 4.79 Å². The summed E-state index contributed by atoms with van der Waals surface area (Å²) in [5.74, 6) is 1.25. The molecule has 176 valence electrons. The smallest absolute Gasteiger partial charge is 0.227 e. The van der Waals surface area contributed by atoms with Crippen molar-refractivity contribution in [2.45, 2.75) is 19.4 Å². The highest BCUT2D eigenvalue weighted by Crippen LogP contribution is 2.31. The largest absolute Gasteiger partial charge is 0.353 e. The first-order valence-corrected chi connectivity index (χ1v) is 12.3. The number of nitrogens with zero attached hydrogens (tertiary/aromatic N) is 5. The lowest BCUT2D eigenvalue weighted by Crippen LogP contribution is -2.46. The number of aromatic nitrogens is 3. The molecule has 1 saturated carbocycles. The summed E-state index contributed by atoms with van der Waals surface area (Å²) in [7, 11) is 0. The summed E-state index contributed by atoms with van der Waals surface area (Å²) < 4.78 is 0. The molecule has 2 aromatic carbocycles. The molecule has 0 atom stereocenters. The van der Waals surface area contributed by atoms with E-state index in [-0.39, 0.29) is 11.8 Å². The second-order valence-corrected chi connectivity index (χ2v) is 9.40. The van der Waals surface area contributed by atoms with Gasteiger partial charge in [0.25, 0.3) is 0 Å². The second kappa shape index (κ2) is 9.43. The molecule has 1 N–H and O–H groups in total. The van der Waals surface area contributed by atoms with Crippen molar-refractivity contribution in [1.29, 1.82) is 0 Å². The van der Waals surface area contributed by atoms with Gasteiger partial charge in [0.15, 0.2) is 0 Å². The van der Waals surface area contributed by atoms with Crippen molar-refractivity contribution in [3.63, 3.8) is 0 Å². The number of pyridine rings is 1. The minimum atomic E-state index is 0.129. The number of benzene rings is 2. The molecular formula is C28H28N6O. The number of hydrogen-bond acceptors (Lipinski definition) is 6. The van der Waals surface area contributed by atoms with Gasteiger partial charge in [0.2, 0.25) is 5.91 Å². The molecule has 0 unspecified atom stereocenters. The van der Waals surface area contributed by atoms with Crippen LogP contribution in [-0.2, 0) is 11.3 Å². The van der Waals surface area contributed by atoms with Crippen molar-refractivity contribution >= 4 is 28.4 Å². The van der Waals surface area contributed by atoms with E-state index in [2.05, 4.69) is 43.3 Å². The molecule has 0 bridgehead atoms. The zero-order valence-corrected chi connectivity index (χ0v) is 19.6. The summed E-state index contributed by atoms with van der Waals surface area (Å²) in [6, 6.07) is 18.3. The fourth-order valence-corrected chi connectivity index (χ4v) is 4.55. The van der Waals surface area contributed by atoms with Gasteiger partial charge in [-0.2, -0.15) is 0 Å². The fourth-order valence-electron chi connectivity index (χ4n) is 4.55. The Morgan fingerprint density at radius 3 is 2.46 bits per heavy atom. The average Bonchev–Trinajstić information content (AvgIpc) is 3.76. The first-order valence-electron chi connectivity index (χ1n) is 12.3. The quantitative estimate of drug-likeness (QED) is 0.457. The number of nitrogens with one attached hydrogen (secondary N) is 1. The molecular weight excluding hydrogens is 436 g/mol. The Bertz CT molecular complexity index is 1330. The predicted octanol–water partition coefficient (Wildman–Crippen LogP) is 4.36. The van der Waals surface area contributed by atoms with Gasteiger partial charge in [-0.3, -0.25) is 19.7 Å². The van der Waals surface area contributed by atoms with Crippen molar-refractivity contribution in [2.75, 3.05) is 36.4 Å². The molecule has 1 aliphatic heterocycles. The van der Waals surface area contributed by atoms with Gasteiger partial charge >= 0.3 is 0 Å². The monoisotopic (exact) mass is 464 g/mol. The van der Waals surface area contributed by atoms with Gasteiger partial charge in [-0.15, -0.1) is 0 Å². The number of amides is 1. The van der Waals surface area contributed by atoms with Gasteiger partial charge in [0, 0.05) is 56.7 Å². The highest BCUT2D eigenvalue weighted by atomic mass is 16.2. The number of hydrogen-bond donors (Lipinski definition) is 1. The molecule has 1 saturated heterocycles. The molecule has 35 heavy (non-hydrogen) atoms. The van der Waals surface area contributed by atoms with Gasteiger partial charge in [-0.25, -0.2) is 4.98 Å². The maximum absolute atomic E-state index is 12.0. The van der Waals surface area contributed by atoms with Crippen LogP contribution in [0.15, 0.2) is 73.2 Å². The van der Waals surface area contributed by atoms with Crippen LogP contribution in [0.1, 0.15) is 18.4 Å². The Balaban J connectivity index is 1.14. The summed E-state index contributed by atoms with van der Waals surface area (Å²) in [5.41, 5.74) is 6.05. The Kier molecular flexibility index (Phi) is 5.84. The molecule has 7 heteroatoms. The van der Waals surface area contributed by atoms with E-state index >= 15 is 0 Å². The Morgan fingerprint density at radius 1 is 0.914 bits per heavy atom. The number of carbonyl (C=O) groups is 1. The van der Waals surface area contributed by atoms with Gasteiger partial charge in [-0.1, -0.05) is 24.3 Å². The van der Waals surface area contributed by atoms with Crippen LogP contribution in [0.3, 0.4) is 0 Å². The van der Waals surface area contributed by atoms with E-state index in [4.69, 9.17) is 4.98 Å². The van der Waals surface area contributed by atoms with Crippen molar-refractivity contribution in [3.05, 3.63) is 78.8 Å². The van der Waals surface area contributed by atoms with Crippen LogP contribution in [0.2, 0.25) is 0 Å². The van der Waals surface area contributed by atoms with Crippen molar-refractivity contribution < 1.29 is 4.79 Å². The van der Waals surface area contributed by atoms with Crippen LogP contribution in [-0.4, -0.2) is 51.9 Å². The number of anilines is 2. The Labute approximate surface area is 204 Å². The van der Waals surface area contributed by atoms with Gasteiger partial charge in [-0.05, 0) is 59.9 Å². The predicted molar refractivity (Wildman–Crippen MR) is 138 cm³/mol. The fraction of sp³-hybridized carbons (Fsp3) is 0.286. The number of carbonyl (C=O) groups excluding carboxylic acids is 1. The average molecular weight is 465 g/mol. The van der Waals surface area contributed by atoms with Crippen LogP contribution >= 0.6 is 0 Å². The zero-order valence-electron chi connectivity index (χ0n) is 19.6. The topological polar surface area (TPSA) is 74.2 Å². The number of fused-ring (bicyclic) bond motifs is 1. The molecule has 2 fully saturated rings. The van der Waals surface area contributed by atoms with E-state index in [1.165, 1.54) is 5.56 Å². The summed E-state index contributed by atoms with van der Waals surface area (Å²) in [6.07, 6.45) is 7.65. The van der Waals surface area contributed by atoms with E-state index in [1.807, 2.05) is 55.0 Å². The minimum absolute atomic E-state index is 0.129. The summed E-state index contributed by atoms with van der Waals surface area (Å²) in [5, 5.41) is 3.00. The molecule has 6 rings (SSSR count). The minimum Gasteiger partial charge on any atom is -0.353 e. The Morgan fingerprint density at radius 2 is 1.71 bits per heavy atom. The van der Waals surface area contributed by atoms with Gasteiger partial charge < -0.3 is 10.2 Å². The van der Waals surface area contributed by atoms with Gasteiger partial charge in [0.1, 0.15) is 5.82 Å². The van der Waals surface area contributed by atoms with Crippen LogP contribution < -0.4 is 10.2 Å². The lowest BCUT2D eigenvalue weighted by Gasteiger charge is -2.35. The lowest BCUT2D eigenvalue weighted by atomic mass is 10.0. The molecule has 2 aromatic heterocycles. The van der Waals surface area contributed by atoms with Crippen LogP contribution in [0.5, 0.6) is 0 Å². The van der Waals surface area contributed by atoms with Crippen molar-refractivity contribution in [3.8, 4) is 11.1 Å². The third-order valence-corrected chi connectivity index (χ3v) is 6.79. The lowest BCUT2D eigenvalue weighted by molar-refractivity contribution is -0.117. The van der Waals surface area contributed by atoms with Crippen molar-refractivity contribution in [1.82, 2.24) is 19.9 Å². The van der Waals surface area contributed by atoms with Gasteiger partial charge in [0.05, 0.1) is 17.2 Å². The SMILES string of the molecule is O=C(Nc1ccc(-c2ccc3ncc(N4CCN(Cc5cccnc5)CC4)nc3c2)cc1)C1CC1. The summed E-state index contributed by atoms with van der Waals surface area (Å²) in [4.78, 5) is 30.6. The number of piperazine rings is 1. The molecule has 2 aliphatic rings. The molecule has 0 radical (unpaired) electrons. The molecule has 4 aromatic rings. The maximum Gasteiger partial charge on any atom is 0.227 e. The van der Waals surface area contributed by atoms with E-state index in [0.29, 0.717) is 0 Å². The third-order valence-electron chi connectivity index (χ3n) is 6.79. The first kappa shape index (κ1) is 21.7. The van der Waals surface area contributed by atoms with Crippen molar-refractivity contribution in [2.24, 2.45) is 5.92 Å². The number of rotatable bonds is 6. The molecule has 0 spiro atoms. The summed E-state index contributed by atoms with van der Waals surface area (Å²) in [6.45, 7) is 4.75. The molecule has 1 aliphatic carbocycles. The molecule has 7 nitrogen and oxygen atoms in total.